The van der Waals surface area contributed by atoms with E-state index in [0.29, 0.717) is 18.4 Å². The van der Waals surface area contributed by atoms with Crippen LogP contribution >= 0.6 is 23.1 Å². The van der Waals surface area contributed by atoms with E-state index in [1.54, 1.807) is 35.2 Å². The lowest BCUT2D eigenvalue weighted by Gasteiger charge is -2.11. The molecule has 3 rings (SSSR count). The SMILES string of the molecule is Cc1nc(CSc2ccc(C(=O)NCC3(C(=O)O)CC3)cc2)cs1. The van der Waals surface area contributed by atoms with Crippen LogP contribution in [0.15, 0.2) is 34.5 Å². The summed E-state index contributed by atoms with van der Waals surface area (Å²) in [4.78, 5) is 28.7. The number of carbonyl (C=O) groups is 2. The highest BCUT2D eigenvalue weighted by molar-refractivity contribution is 7.98. The fraction of sp³-hybridized carbons (Fsp3) is 0.353. The number of carboxylic acid groups (broad SMARTS) is 1. The van der Waals surface area contributed by atoms with Crippen LogP contribution in [0.1, 0.15) is 33.9 Å². The van der Waals surface area contributed by atoms with Crippen LogP contribution in [0.4, 0.5) is 0 Å². The molecule has 1 aliphatic carbocycles. The second kappa shape index (κ2) is 6.94. The normalized spacial score (nSPS) is 15.0. The summed E-state index contributed by atoms with van der Waals surface area (Å²) in [5, 5.41) is 15.0. The molecule has 0 atom stereocenters. The lowest BCUT2D eigenvalue weighted by Crippen LogP contribution is -2.34. The van der Waals surface area contributed by atoms with Crippen LogP contribution in [0, 0.1) is 12.3 Å². The first-order chi connectivity index (χ1) is 11.5. The van der Waals surface area contributed by atoms with Gasteiger partial charge in [-0.1, -0.05) is 0 Å². The molecule has 7 heteroatoms. The van der Waals surface area contributed by atoms with E-state index in [1.807, 2.05) is 19.1 Å². The van der Waals surface area contributed by atoms with E-state index in [9.17, 15) is 9.59 Å². The first-order valence-corrected chi connectivity index (χ1v) is 9.50. The Morgan fingerprint density at radius 2 is 2.04 bits per heavy atom. The third-order valence-electron chi connectivity index (χ3n) is 4.06. The molecule has 0 aliphatic heterocycles. The molecule has 1 aromatic carbocycles. The minimum atomic E-state index is -0.827. The number of aryl methyl sites for hydroxylation is 1. The maximum absolute atomic E-state index is 12.1. The Bertz CT molecular complexity index is 751. The summed E-state index contributed by atoms with van der Waals surface area (Å²) in [7, 11) is 0. The quantitative estimate of drug-likeness (QED) is 0.739. The second-order valence-corrected chi connectivity index (χ2v) is 8.05. The third kappa shape index (κ3) is 3.96. The first-order valence-electron chi connectivity index (χ1n) is 7.64. The highest BCUT2D eigenvalue weighted by Crippen LogP contribution is 2.45. The monoisotopic (exact) mass is 362 g/mol. The van der Waals surface area contributed by atoms with E-state index >= 15 is 0 Å². The van der Waals surface area contributed by atoms with Crippen LogP contribution < -0.4 is 5.32 Å². The number of thiazole rings is 1. The van der Waals surface area contributed by atoms with Gasteiger partial charge in [0.1, 0.15) is 0 Å². The molecule has 0 unspecified atom stereocenters. The molecule has 1 saturated carbocycles. The summed E-state index contributed by atoms with van der Waals surface area (Å²) in [5.74, 6) is -0.252. The van der Waals surface area contributed by atoms with Crippen molar-refractivity contribution in [1.82, 2.24) is 10.3 Å². The summed E-state index contributed by atoms with van der Waals surface area (Å²) < 4.78 is 0. The van der Waals surface area contributed by atoms with E-state index in [-0.39, 0.29) is 12.5 Å². The fourth-order valence-electron chi connectivity index (χ4n) is 2.30. The van der Waals surface area contributed by atoms with E-state index < -0.39 is 11.4 Å². The van der Waals surface area contributed by atoms with Crippen LogP contribution in [-0.2, 0) is 10.5 Å². The molecule has 1 fully saturated rings. The van der Waals surface area contributed by atoms with E-state index in [0.717, 1.165) is 21.3 Å². The Hall–Kier alpha value is -1.86. The second-order valence-electron chi connectivity index (χ2n) is 5.94. The molecule has 126 valence electrons. The minimum absolute atomic E-state index is 0.195. The van der Waals surface area contributed by atoms with Crippen molar-refractivity contribution >= 4 is 35.0 Å². The number of nitrogens with zero attached hydrogens (tertiary/aromatic N) is 1. The summed E-state index contributed by atoms with van der Waals surface area (Å²) in [6.45, 7) is 2.18. The van der Waals surface area contributed by atoms with Gasteiger partial charge in [0.2, 0.25) is 0 Å². The molecule has 2 N–H and O–H groups in total. The Labute approximate surface area is 148 Å². The zero-order valence-corrected chi connectivity index (χ0v) is 14.9. The Morgan fingerprint density at radius 1 is 1.33 bits per heavy atom. The predicted molar refractivity (Wildman–Crippen MR) is 94.5 cm³/mol. The van der Waals surface area contributed by atoms with E-state index in [4.69, 9.17) is 5.11 Å². The topological polar surface area (TPSA) is 79.3 Å². The van der Waals surface area contributed by atoms with Crippen LogP contribution in [0.2, 0.25) is 0 Å². The van der Waals surface area contributed by atoms with Gasteiger partial charge in [-0.2, -0.15) is 0 Å². The number of rotatable bonds is 7. The molecule has 1 aromatic heterocycles. The van der Waals surface area contributed by atoms with Gasteiger partial charge in [-0.15, -0.1) is 23.1 Å². The lowest BCUT2D eigenvalue weighted by atomic mass is 10.1. The third-order valence-corrected chi connectivity index (χ3v) is 5.93. The predicted octanol–water partition coefficient (Wildman–Crippen LogP) is 3.34. The minimum Gasteiger partial charge on any atom is -0.481 e. The number of aliphatic carboxylic acids is 1. The van der Waals surface area contributed by atoms with Crippen molar-refractivity contribution in [1.29, 1.82) is 0 Å². The molecule has 1 heterocycles. The zero-order chi connectivity index (χ0) is 17.2. The maximum atomic E-state index is 12.1. The molecule has 1 aliphatic rings. The highest BCUT2D eigenvalue weighted by atomic mass is 32.2. The number of benzene rings is 1. The molecule has 5 nitrogen and oxygen atoms in total. The van der Waals surface area contributed by atoms with Gasteiger partial charge in [-0.3, -0.25) is 9.59 Å². The first kappa shape index (κ1) is 17.0. The van der Waals surface area contributed by atoms with Gasteiger partial charge in [0.25, 0.3) is 5.91 Å². The van der Waals surface area contributed by atoms with Gasteiger partial charge in [0.05, 0.1) is 16.1 Å². The van der Waals surface area contributed by atoms with Crippen LogP contribution in [-0.4, -0.2) is 28.5 Å². The summed E-state index contributed by atoms with van der Waals surface area (Å²) in [5.41, 5.74) is 0.870. The van der Waals surface area contributed by atoms with E-state index in [1.165, 1.54) is 0 Å². The van der Waals surface area contributed by atoms with Crippen molar-refractivity contribution in [2.75, 3.05) is 6.54 Å². The van der Waals surface area contributed by atoms with E-state index in [2.05, 4.69) is 15.7 Å². The molecule has 0 saturated heterocycles. The Kier molecular flexibility index (Phi) is 4.91. The Morgan fingerprint density at radius 3 is 2.58 bits per heavy atom. The van der Waals surface area contributed by atoms with Crippen molar-refractivity contribution in [3.05, 3.63) is 45.9 Å². The lowest BCUT2D eigenvalue weighted by molar-refractivity contribution is -0.143. The summed E-state index contributed by atoms with van der Waals surface area (Å²) >= 11 is 3.31. The number of hydrogen-bond acceptors (Lipinski definition) is 5. The molecule has 2 aromatic rings. The zero-order valence-electron chi connectivity index (χ0n) is 13.2. The average Bonchev–Trinajstić information content (AvgIpc) is 3.27. The summed E-state index contributed by atoms with van der Waals surface area (Å²) in [6, 6.07) is 7.35. The molecule has 1 amide bonds. The number of nitrogens with one attached hydrogen (secondary N) is 1. The van der Waals surface area contributed by atoms with Crippen molar-refractivity contribution in [3.63, 3.8) is 0 Å². The van der Waals surface area contributed by atoms with Gasteiger partial charge < -0.3 is 10.4 Å². The van der Waals surface area contributed by atoms with Crippen molar-refractivity contribution in [2.24, 2.45) is 5.41 Å². The van der Waals surface area contributed by atoms with Crippen LogP contribution in [0.3, 0.4) is 0 Å². The number of thioether (sulfide) groups is 1. The fourth-order valence-corrected chi connectivity index (χ4v) is 3.81. The molecule has 24 heavy (non-hydrogen) atoms. The molecule has 0 radical (unpaired) electrons. The standard InChI is InChI=1S/C17H18N2O3S2/c1-11-19-13(8-23-11)9-24-14-4-2-12(3-5-14)15(20)18-10-17(6-7-17)16(21)22/h2-5,8H,6-7,9-10H2,1H3,(H,18,20)(H,21,22). The number of aromatic nitrogens is 1. The van der Waals surface area contributed by atoms with Crippen molar-refractivity contribution in [3.8, 4) is 0 Å². The van der Waals surface area contributed by atoms with Crippen molar-refractivity contribution < 1.29 is 14.7 Å². The smallest absolute Gasteiger partial charge is 0.311 e. The maximum Gasteiger partial charge on any atom is 0.311 e. The molecular weight excluding hydrogens is 344 g/mol. The average molecular weight is 362 g/mol. The van der Waals surface area contributed by atoms with Gasteiger partial charge >= 0.3 is 5.97 Å². The van der Waals surface area contributed by atoms with Crippen molar-refractivity contribution in [2.45, 2.75) is 30.4 Å². The van der Waals surface area contributed by atoms with Gasteiger partial charge in [0.15, 0.2) is 0 Å². The van der Waals surface area contributed by atoms with Gasteiger partial charge in [-0.25, -0.2) is 4.98 Å². The van der Waals surface area contributed by atoms with Crippen LogP contribution in [0.5, 0.6) is 0 Å². The van der Waals surface area contributed by atoms with Gasteiger partial charge in [-0.05, 0) is 44.0 Å². The number of carbonyl (C=O) groups excluding carboxylic acids is 1. The number of amides is 1. The molecule has 0 spiro atoms. The Balaban J connectivity index is 1.52. The molecule has 0 bridgehead atoms. The molecular formula is C17H18N2O3S2. The largest absolute Gasteiger partial charge is 0.481 e. The summed E-state index contributed by atoms with van der Waals surface area (Å²) in [6.07, 6.45) is 1.27. The number of carboxylic acids is 1. The van der Waals surface area contributed by atoms with Crippen LogP contribution in [0.25, 0.3) is 0 Å². The highest BCUT2D eigenvalue weighted by Gasteiger charge is 2.50. The van der Waals surface area contributed by atoms with Gasteiger partial charge in [0, 0.05) is 28.1 Å². The number of hydrogen-bond donors (Lipinski definition) is 2.